The minimum atomic E-state index is -0.794. The van der Waals surface area contributed by atoms with Gasteiger partial charge in [0.05, 0.1) is 12.5 Å². The zero-order valence-corrected chi connectivity index (χ0v) is 13.0. The van der Waals surface area contributed by atoms with Crippen LogP contribution in [-0.2, 0) is 14.4 Å². The minimum Gasteiger partial charge on any atom is -0.481 e. The van der Waals surface area contributed by atoms with Gasteiger partial charge in [-0.2, -0.15) is 0 Å². The Bertz CT molecular complexity index is 418. The van der Waals surface area contributed by atoms with E-state index >= 15 is 0 Å². The summed E-state index contributed by atoms with van der Waals surface area (Å²) in [5.41, 5.74) is 0. The quantitative estimate of drug-likeness (QED) is 0.692. The third-order valence-corrected chi connectivity index (χ3v) is 4.79. The molecule has 0 heterocycles. The normalized spacial score (nSPS) is 25.6. The van der Waals surface area contributed by atoms with Gasteiger partial charge in [0.1, 0.15) is 0 Å². The summed E-state index contributed by atoms with van der Waals surface area (Å²) in [5.74, 6) is -0.975. The van der Waals surface area contributed by atoms with Gasteiger partial charge >= 0.3 is 5.97 Å². The summed E-state index contributed by atoms with van der Waals surface area (Å²) in [5, 5.41) is 14.4. The number of rotatable bonds is 6. The Balaban J connectivity index is 1.61. The van der Waals surface area contributed by atoms with E-state index in [1.807, 2.05) is 0 Å². The molecule has 2 atom stereocenters. The lowest BCUT2D eigenvalue weighted by Crippen LogP contribution is -2.41. The zero-order valence-electron chi connectivity index (χ0n) is 13.0. The second-order valence-electron chi connectivity index (χ2n) is 6.60. The van der Waals surface area contributed by atoms with Crippen LogP contribution in [0.3, 0.4) is 0 Å². The van der Waals surface area contributed by atoms with Crippen molar-refractivity contribution in [3.8, 4) is 0 Å². The Labute approximate surface area is 131 Å². The van der Waals surface area contributed by atoms with E-state index in [0.29, 0.717) is 31.6 Å². The molecule has 0 radical (unpaired) electrons. The van der Waals surface area contributed by atoms with Crippen LogP contribution in [-0.4, -0.2) is 35.5 Å². The van der Waals surface area contributed by atoms with Crippen LogP contribution in [0.4, 0.5) is 0 Å². The lowest BCUT2D eigenvalue weighted by atomic mass is 9.87. The number of carboxylic acids is 1. The van der Waals surface area contributed by atoms with Gasteiger partial charge in [-0.15, -0.1) is 0 Å². The first-order valence-corrected chi connectivity index (χ1v) is 8.33. The number of carboxylic acid groups (broad SMARTS) is 1. The molecule has 0 saturated heterocycles. The van der Waals surface area contributed by atoms with Gasteiger partial charge in [0.15, 0.2) is 0 Å². The van der Waals surface area contributed by atoms with Gasteiger partial charge in [0.2, 0.25) is 11.8 Å². The van der Waals surface area contributed by atoms with E-state index < -0.39 is 5.97 Å². The third-order valence-electron chi connectivity index (χ3n) is 4.79. The van der Waals surface area contributed by atoms with Crippen molar-refractivity contribution in [1.82, 2.24) is 10.6 Å². The topological polar surface area (TPSA) is 95.5 Å². The highest BCUT2D eigenvalue weighted by Gasteiger charge is 2.30. The van der Waals surface area contributed by atoms with Crippen molar-refractivity contribution in [2.24, 2.45) is 11.8 Å². The fraction of sp³-hybridized carbons (Fsp3) is 0.812. The summed E-state index contributed by atoms with van der Waals surface area (Å²) in [6, 6.07) is -0.0798. The Morgan fingerprint density at radius 3 is 2.32 bits per heavy atom. The molecule has 0 aromatic carbocycles. The number of aliphatic carboxylic acids is 1. The maximum atomic E-state index is 11.8. The summed E-state index contributed by atoms with van der Waals surface area (Å²) in [6.07, 6.45) is 8.17. The zero-order chi connectivity index (χ0) is 15.9. The van der Waals surface area contributed by atoms with E-state index in [1.54, 1.807) is 0 Å². The van der Waals surface area contributed by atoms with Gasteiger partial charge in [0, 0.05) is 12.5 Å². The van der Waals surface area contributed by atoms with Crippen LogP contribution in [0.5, 0.6) is 0 Å². The summed E-state index contributed by atoms with van der Waals surface area (Å²) < 4.78 is 0. The molecule has 2 saturated carbocycles. The first kappa shape index (κ1) is 16.8. The lowest BCUT2D eigenvalue weighted by Gasteiger charge is -2.20. The van der Waals surface area contributed by atoms with Crippen LogP contribution in [0.15, 0.2) is 0 Å². The maximum absolute atomic E-state index is 11.8. The van der Waals surface area contributed by atoms with Gasteiger partial charge in [-0.1, -0.05) is 19.3 Å². The number of carbonyl (C=O) groups is 3. The molecule has 2 aliphatic carbocycles. The largest absolute Gasteiger partial charge is 0.481 e. The molecule has 2 amide bonds. The van der Waals surface area contributed by atoms with Crippen LogP contribution in [0, 0.1) is 11.8 Å². The Hall–Kier alpha value is -1.59. The van der Waals surface area contributed by atoms with Crippen LogP contribution >= 0.6 is 0 Å². The van der Waals surface area contributed by atoms with E-state index in [2.05, 4.69) is 10.6 Å². The summed E-state index contributed by atoms with van der Waals surface area (Å²) in [7, 11) is 0. The van der Waals surface area contributed by atoms with Crippen molar-refractivity contribution in [3.63, 3.8) is 0 Å². The molecular weight excluding hydrogens is 284 g/mol. The molecule has 0 aromatic rings. The average Bonchev–Trinajstić information content (AvgIpc) is 2.95. The van der Waals surface area contributed by atoms with Gasteiger partial charge in [0.25, 0.3) is 0 Å². The second-order valence-corrected chi connectivity index (χ2v) is 6.60. The van der Waals surface area contributed by atoms with E-state index in [1.165, 1.54) is 19.3 Å². The molecule has 2 rings (SSSR count). The molecule has 3 N–H and O–H groups in total. The van der Waals surface area contributed by atoms with E-state index in [-0.39, 0.29) is 30.3 Å². The maximum Gasteiger partial charge on any atom is 0.306 e. The Morgan fingerprint density at radius 1 is 0.955 bits per heavy atom. The van der Waals surface area contributed by atoms with Crippen LogP contribution in [0.25, 0.3) is 0 Å². The van der Waals surface area contributed by atoms with Gasteiger partial charge < -0.3 is 15.7 Å². The van der Waals surface area contributed by atoms with Gasteiger partial charge in [-0.3, -0.25) is 14.4 Å². The highest BCUT2D eigenvalue weighted by atomic mass is 16.4. The minimum absolute atomic E-state index is 0.0141. The molecular formula is C16H26N2O4. The summed E-state index contributed by atoms with van der Waals surface area (Å²) in [6.45, 7) is -0.0141. The Morgan fingerprint density at radius 2 is 1.68 bits per heavy atom. The first-order valence-electron chi connectivity index (χ1n) is 8.33. The molecule has 6 heteroatoms. The molecule has 0 aliphatic heterocycles. The van der Waals surface area contributed by atoms with Crippen molar-refractivity contribution >= 4 is 17.8 Å². The molecule has 0 bridgehead atoms. The molecule has 0 aromatic heterocycles. The van der Waals surface area contributed by atoms with E-state index in [0.717, 1.165) is 12.8 Å². The smallest absolute Gasteiger partial charge is 0.306 e. The molecule has 22 heavy (non-hydrogen) atoms. The summed E-state index contributed by atoms with van der Waals surface area (Å²) in [4.78, 5) is 34.5. The molecule has 0 unspecified atom stereocenters. The van der Waals surface area contributed by atoms with Crippen LogP contribution in [0.2, 0.25) is 0 Å². The average molecular weight is 310 g/mol. The molecule has 2 fully saturated rings. The highest BCUT2D eigenvalue weighted by molar-refractivity contribution is 5.85. The van der Waals surface area contributed by atoms with Gasteiger partial charge in [-0.25, -0.2) is 0 Å². The number of nitrogens with one attached hydrogen (secondary N) is 2. The predicted octanol–water partition coefficient (Wildman–Crippen LogP) is 1.44. The first-order chi connectivity index (χ1) is 10.5. The lowest BCUT2D eigenvalue weighted by molar-refractivity contribution is -0.141. The van der Waals surface area contributed by atoms with Crippen molar-refractivity contribution in [1.29, 1.82) is 0 Å². The van der Waals surface area contributed by atoms with E-state index in [4.69, 9.17) is 5.11 Å². The fourth-order valence-corrected chi connectivity index (χ4v) is 3.52. The van der Waals surface area contributed by atoms with Crippen molar-refractivity contribution in [2.45, 2.75) is 63.8 Å². The molecule has 2 aliphatic rings. The van der Waals surface area contributed by atoms with Gasteiger partial charge in [-0.05, 0) is 38.0 Å². The second kappa shape index (κ2) is 8.15. The monoisotopic (exact) mass is 310 g/mol. The van der Waals surface area contributed by atoms with E-state index in [9.17, 15) is 14.4 Å². The number of hydrogen-bond donors (Lipinski definition) is 3. The van der Waals surface area contributed by atoms with Crippen LogP contribution < -0.4 is 10.6 Å². The predicted molar refractivity (Wildman–Crippen MR) is 81.1 cm³/mol. The molecule has 6 nitrogen and oxygen atoms in total. The van der Waals surface area contributed by atoms with Crippen molar-refractivity contribution in [2.75, 3.05) is 6.54 Å². The van der Waals surface area contributed by atoms with Crippen LogP contribution in [0.1, 0.15) is 57.8 Å². The highest BCUT2D eigenvalue weighted by Crippen LogP contribution is 2.26. The standard InChI is InChI=1S/C16H26N2O4/c19-14(8-11-4-2-1-3-5-11)17-10-15(20)18-13-7-6-12(9-13)16(21)22/h11-13H,1-10H2,(H,17,19)(H,18,20)(H,21,22)/t12-,13+/m1/s1. The number of hydrogen-bond acceptors (Lipinski definition) is 3. The SMILES string of the molecule is O=C(CC1CCCCC1)NCC(=O)N[C@H]1CC[C@@H](C(=O)O)C1. The summed E-state index contributed by atoms with van der Waals surface area (Å²) >= 11 is 0. The third kappa shape index (κ3) is 5.31. The molecule has 0 spiro atoms. The van der Waals surface area contributed by atoms with Crippen molar-refractivity contribution < 1.29 is 19.5 Å². The van der Waals surface area contributed by atoms with Crippen molar-refractivity contribution in [3.05, 3.63) is 0 Å². The fourth-order valence-electron chi connectivity index (χ4n) is 3.52. The number of amides is 2. The Kier molecular flexibility index (Phi) is 6.21. The number of carbonyl (C=O) groups excluding carboxylic acids is 2. The molecule has 124 valence electrons.